The van der Waals surface area contributed by atoms with Gasteiger partial charge in [-0.05, 0) is 31.2 Å². The molecule has 1 heterocycles. The number of imidazole rings is 1. The van der Waals surface area contributed by atoms with Gasteiger partial charge in [-0.25, -0.2) is 4.98 Å². The molecule has 0 aliphatic heterocycles. The highest BCUT2D eigenvalue weighted by molar-refractivity contribution is 6.32. The molecule has 3 nitrogen and oxygen atoms in total. The smallest absolute Gasteiger partial charge is 0.0994 e. The second-order valence-electron chi connectivity index (χ2n) is 3.75. The zero-order chi connectivity index (χ0) is 11.5. The van der Waals surface area contributed by atoms with E-state index >= 15 is 0 Å². The van der Waals surface area contributed by atoms with Gasteiger partial charge in [-0.2, -0.15) is 0 Å². The first-order valence-corrected chi connectivity index (χ1v) is 5.58. The quantitative estimate of drug-likeness (QED) is 0.888. The fourth-order valence-corrected chi connectivity index (χ4v) is 2.01. The summed E-state index contributed by atoms with van der Waals surface area (Å²) in [5.41, 5.74) is 8.73. The monoisotopic (exact) mass is 235 g/mol. The summed E-state index contributed by atoms with van der Waals surface area (Å²) in [6.45, 7) is 2.62. The maximum atomic E-state index is 6.21. The fraction of sp³-hybridized carbons (Fsp3) is 0.250. The van der Waals surface area contributed by atoms with Crippen LogP contribution < -0.4 is 5.73 Å². The minimum Gasteiger partial charge on any atom is -0.330 e. The molecule has 1 aromatic carbocycles. The number of hydrogen-bond acceptors (Lipinski definition) is 2. The van der Waals surface area contributed by atoms with Gasteiger partial charge >= 0.3 is 0 Å². The maximum absolute atomic E-state index is 6.21. The summed E-state index contributed by atoms with van der Waals surface area (Å²) in [6.07, 6.45) is 4.38. The highest BCUT2D eigenvalue weighted by Gasteiger charge is 2.07. The van der Waals surface area contributed by atoms with Crippen molar-refractivity contribution in [1.82, 2.24) is 9.55 Å². The van der Waals surface area contributed by atoms with E-state index in [9.17, 15) is 0 Å². The molecule has 0 aliphatic rings. The Labute approximate surface area is 99.9 Å². The van der Waals surface area contributed by atoms with Gasteiger partial charge < -0.3 is 10.3 Å². The number of aromatic nitrogens is 2. The minimum atomic E-state index is 0.606. The van der Waals surface area contributed by atoms with Crippen molar-refractivity contribution in [3.63, 3.8) is 0 Å². The van der Waals surface area contributed by atoms with Crippen molar-refractivity contribution < 1.29 is 0 Å². The molecule has 1 aromatic heterocycles. The summed E-state index contributed by atoms with van der Waals surface area (Å²) in [5, 5.41) is 0.733. The van der Waals surface area contributed by atoms with Crippen LogP contribution in [0.25, 0.3) is 5.69 Å². The van der Waals surface area contributed by atoms with E-state index in [1.165, 1.54) is 0 Å². The summed E-state index contributed by atoms with van der Waals surface area (Å²) in [7, 11) is 0. The average Bonchev–Trinajstić information content (AvgIpc) is 2.67. The molecule has 0 fully saturated rings. The van der Waals surface area contributed by atoms with Crippen molar-refractivity contribution in [2.75, 3.05) is 6.54 Å². The topological polar surface area (TPSA) is 43.8 Å². The Balaban J connectivity index is 2.46. The van der Waals surface area contributed by atoms with E-state index in [-0.39, 0.29) is 0 Å². The molecule has 2 rings (SSSR count). The number of halogens is 1. The van der Waals surface area contributed by atoms with Gasteiger partial charge in [0.25, 0.3) is 0 Å². The van der Waals surface area contributed by atoms with Crippen molar-refractivity contribution in [1.29, 1.82) is 0 Å². The Kier molecular flexibility index (Phi) is 3.27. The Bertz CT molecular complexity index is 491. The first kappa shape index (κ1) is 11.2. The zero-order valence-corrected chi connectivity index (χ0v) is 9.91. The molecule has 2 N–H and O–H groups in total. The summed E-state index contributed by atoms with van der Waals surface area (Å²) < 4.78 is 1.98. The third kappa shape index (κ3) is 2.10. The predicted molar refractivity (Wildman–Crippen MR) is 66.1 cm³/mol. The molecule has 0 radical (unpaired) electrons. The van der Waals surface area contributed by atoms with E-state index in [0.717, 1.165) is 28.4 Å². The van der Waals surface area contributed by atoms with E-state index in [1.54, 1.807) is 6.33 Å². The van der Waals surface area contributed by atoms with Crippen LogP contribution in [0.3, 0.4) is 0 Å². The second-order valence-corrected chi connectivity index (χ2v) is 4.16. The maximum Gasteiger partial charge on any atom is 0.0994 e. The van der Waals surface area contributed by atoms with Crippen LogP contribution in [0.4, 0.5) is 0 Å². The SMILES string of the molecule is Cc1ccc(-n2cncc2CCN)c(Cl)c1. The lowest BCUT2D eigenvalue weighted by molar-refractivity contribution is 0.873. The molecule has 0 amide bonds. The lowest BCUT2D eigenvalue weighted by Gasteiger charge is -2.09. The Hall–Kier alpha value is -1.32. The highest BCUT2D eigenvalue weighted by atomic mass is 35.5. The van der Waals surface area contributed by atoms with Crippen LogP contribution in [0.2, 0.25) is 5.02 Å². The predicted octanol–water partition coefficient (Wildman–Crippen LogP) is 2.34. The third-order valence-electron chi connectivity index (χ3n) is 2.48. The first-order valence-electron chi connectivity index (χ1n) is 5.20. The fourth-order valence-electron chi connectivity index (χ4n) is 1.68. The van der Waals surface area contributed by atoms with Gasteiger partial charge in [-0.15, -0.1) is 0 Å². The average molecular weight is 236 g/mol. The van der Waals surface area contributed by atoms with Crippen molar-refractivity contribution in [2.45, 2.75) is 13.3 Å². The molecule has 0 aliphatic carbocycles. The summed E-state index contributed by atoms with van der Waals surface area (Å²) >= 11 is 6.21. The van der Waals surface area contributed by atoms with Crippen molar-refractivity contribution in [3.05, 3.63) is 47.0 Å². The van der Waals surface area contributed by atoms with Crippen LogP contribution in [0.5, 0.6) is 0 Å². The molecule has 0 bridgehead atoms. The summed E-state index contributed by atoms with van der Waals surface area (Å²) in [4.78, 5) is 4.13. The number of nitrogens with zero attached hydrogens (tertiary/aromatic N) is 2. The van der Waals surface area contributed by atoms with Crippen LogP contribution in [0.15, 0.2) is 30.7 Å². The molecular formula is C12H14ClN3. The van der Waals surface area contributed by atoms with Crippen LogP contribution in [-0.2, 0) is 6.42 Å². The molecule has 0 spiro atoms. The van der Waals surface area contributed by atoms with Gasteiger partial charge in [0, 0.05) is 18.3 Å². The molecule has 4 heteroatoms. The van der Waals surface area contributed by atoms with E-state index in [1.807, 2.05) is 35.9 Å². The van der Waals surface area contributed by atoms with Crippen molar-refractivity contribution >= 4 is 11.6 Å². The van der Waals surface area contributed by atoms with Crippen LogP contribution in [0, 0.1) is 6.92 Å². The van der Waals surface area contributed by atoms with Crippen molar-refractivity contribution in [2.24, 2.45) is 5.73 Å². The molecule has 0 unspecified atom stereocenters. The molecule has 2 aromatic rings. The molecule has 0 saturated carbocycles. The molecule has 84 valence electrons. The standard InChI is InChI=1S/C12H14ClN3/c1-9-2-3-12(11(13)6-9)16-8-15-7-10(16)4-5-14/h2-3,6-8H,4-5,14H2,1H3. The van der Waals surface area contributed by atoms with Gasteiger partial charge in [0.15, 0.2) is 0 Å². The van der Waals surface area contributed by atoms with E-state index in [4.69, 9.17) is 17.3 Å². The Morgan fingerprint density at radius 1 is 1.44 bits per heavy atom. The Morgan fingerprint density at radius 3 is 2.94 bits per heavy atom. The normalized spacial score (nSPS) is 10.7. The zero-order valence-electron chi connectivity index (χ0n) is 9.15. The van der Waals surface area contributed by atoms with Gasteiger partial charge in [-0.3, -0.25) is 0 Å². The lowest BCUT2D eigenvalue weighted by atomic mass is 10.2. The van der Waals surface area contributed by atoms with Crippen LogP contribution in [-0.4, -0.2) is 16.1 Å². The number of rotatable bonds is 3. The van der Waals surface area contributed by atoms with Gasteiger partial charge in [0.1, 0.15) is 0 Å². The largest absolute Gasteiger partial charge is 0.330 e. The lowest BCUT2D eigenvalue weighted by Crippen LogP contribution is -2.07. The van der Waals surface area contributed by atoms with Gasteiger partial charge in [0.05, 0.1) is 17.0 Å². The first-order chi connectivity index (χ1) is 7.72. The molecule has 16 heavy (non-hydrogen) atoms. The number of aryl methyl sites for hydroxylation is 1. The highest BCUT2D eigenvalue weighted by Crippen LogP contribution is 2.23. The van der Waals surface area contributed by atoms with Crippen LogP contribution in [0.1, 0.15) is 11.3 Å². The number of hydrogen-bond donors (Lipinski definition) is 1. The minimum absolute atomic E-state index is 0.606. The molecular weight excluding hydrogens is 222 g/mol. The second kappa shape index (κ2) is 4.68. The van der Waals surface area contributed by atoms with Gasteiger partial charge in [-0.1, -0.05) is 17.7 Å². The summed E-state index contributed by atoms with van der Waals surface area (Å²) in [6, 6.07) is 5.98. The van der Waals surface area contributed by atoms with Crippen LogP contribution >= 0.6 is 11.6 Å². The summed E-state index contributed by atoms with van der Waals surface area (Å²) in [5.74, 6) is 0. The molecule has 0 saturated heterocycles. The van der Waals surface area contributed by atoms with Gasteiger partial charge in [0.2, 0.25) is 0 Å². The number of benzene rings is 1. The van der Waals surface area contributed by atoms with Crippen molar-refractivity contribution in [3.8, 4) is 5.69 Å². The Morgan fingerprint density at radius 2 is 2.25 bits per heavy atom. The van der Waals surface area contributed by atoms with E-state index in [2.05, 4.69) is 4.98 Å². The van der Waals surface area contributed by atoms with E-state index < -0.39 is 0 Å². The molecule has 0 atom stereocenters. The number of nitrogens with two attached hydrogens (primary N) is 1. The van der Waals surface area contributed by atoms with E-state index in [0.29, 0.717) is 6.54 Å². The third-order valence-corrected chi connectivity index (χ3v) is 2.78.